The van der Waals surface area contributed by atoms with Crippen molar-refractivity contribution in [2.45, 2.75) is 38.6 Å². The van der Waals surface area contributed by atoms with E-state index in [1.165, 1.54) is 16.2 Å². The van der Waals surface area contributed by atoms with Crippen LogP contribution in [0.5, 0.6) is 0 Å². The van der Waals surface area contributed by atoms with E-state index in [-0.39, 0.29) is 5.91 Å². The maximum Gasteiger partial charge on any atom is 0.329 e. The third kappa shape index (κ3) is 2.20. The van der Waals surface area contributed by atoms with Gasteiger partial charge in [0.15, 0.2) is 0 Å². The first-order chi connectivity index (χ1) is 7.98. The van der Waals surface area contributed by atoms with Gasteiger partial charge in [-0.2, -0.15) is 0 Å². The zero-order valence-electron chi connectivity index (χ0n) is 9.87. The number of carboxylic acid groups (broad SMARTS) is 1. The van der Waals surface area contributed by atoms with Gasteiger partial charge >= 0.3 is 5.97 Å². The summed E-state index contributed by atoms with van der Waals surface area (Å²) in [5.41, 5.74) is 0.101. The molecular weight excluding hydrogens is 238 g/mol. The van der Waals surface area contributed by atoms with E-state index < -0.39 is 11.5 Å². The molecule has 1 fully saturated rings. The van der Waals surface area contributed by atoms with Gasteiger partial charge in [-0.3, -0.25) is 4.79 Å². The van der Waals surface area contributed by atoms with Crippen molar-refractivity contribution in [3.8, 4) is 0 Å². The molecule has 0 aliphatic heterocycles. The van der Waals surface area contributed by atoms with Crippen molar-refractivity contribution < 1.29 is 14.7 Å². The number of aliphatic carboxylic acids is 1. The van der Waals surface area contributed by atoms with E-state index in [0.717, 1.165) is 12.0 Å². The van der Waals surface area contributed by atoms with Crippen LogP contribution in [0.25, 0.3) is 0 Å². The molecule has 2 N–H and O–H groups in total. The lowest BCUT2D eigenvalue weighted by Crippen LogP contribution is -2.42. The molecule has 17 heavy (non-hydrogen) atoms. The summed E-state index contributed by atoms with van der Waals surface area (Å²) >= 11 is 1.44. The minimum absolute atomic E-state index is 0.266. The van der Waals surface area contributed by atoms with Crippen molar-refractivity contribution in [1.82, 2.24) is 5.32 Å². The van der Waals surface area contributed by atoms with E-state index in [1.54, 1.807) is 0 Å². The molecule has 1 saturated carbocycles. The van der Waals surface area contributed by atoms with Crippen molar-refractivity contribution in [3.05, 3.63) is 21.4 Å². The van der Waals surface area contributed by atoms with Gasteiger partial charge in [-0.15, -0.1) is 11.3 Å². The Hall–Kier alpha value is -1.36. The molecule has 0 atom stereocenters. The fraction of sp³-hybridized carbons (Fsp3) is 0.500. The number of aryl methyl sites for hydroxylation is 2. The van der Waals surface area contributed by atoms with E-state index in [4.69, 9.17) is 5.11 Å². The summed E-state index contributed by atoms with van der Waals surface area (Å²) in [6.45, 7) is 4.01. The van der Waals surface area contributed by atoms with Crippen LogP contribution in [0, 0.1) is 6.92 Å². The normalized spacial score (nSPS) is 16.6. The second-order valence-electron chi connectivity index (χ2n) is 4.41. The van der Waals surface area contributed by atoms with Crippen molar-refractivity contribution in [2.75, 3.05) is 0 Å². The van der Waals surface area contributed by atoms with Gasteiger partial charge in [0.05, 0.1) is 4.88 Å². The Bertz CT molecular complexity index is 474. The van der Waals surface area contributed by atoms with E-state index in [0.29, 0.717) is 17.7 Å². The molecule has 1 aromatic rings. The van der Waals surface area contributed by atoms with Crippen LogP contribution in [0.2, 0.25) is 0 Å². The predicted molar refractivity (Wildman–Crippen MR) is 65.5 cm³/mol. The van der Waals surface area contributed by atoms with Crippen LogP contribution in [-0.4, -0.2) is 22.5 Å². The summed E-state index contributed by atoms with van der Waals surface area (Å²) in [5, 5.41) is 11.6. The Morgan fingerprint density at radius 1 is 1.53 bits per heavy atom. The van der Waals surface area contributed by atoms with Gasteiger partial charge in [-0.05, 0) is 37.8 Å². The second-order valence-corrected chi connectivity index (χ2v) is 5.55. The molecule has 1 heterocycles. The van der Waals surface area contributed by atoms with E-state index in [9.17, 15) is 9.59 Å². The number of hydrogen-bond acceptors (Lipinski definition) is 3. The molecule has 5 heteroatoms. The van der Waals surface area contributed by atoms with Gasteiger partial charge in [0.1, 0.15) is 5.54 Å². The molecule has 0 bridgehead atoms. The summed E-state index contributed by atoms with van der Waals surface area (Å²) in [4.78, 5) is 24.7. The topological polar surface area (TPSA) is 66.4 Å². The second kappa shape index (κ2) is 4.14. The summed E-state index contributed by atoms with van der Waals surface area (Å²) in [5.74, 6) is -1.20. The fourth-order valence-electron chi connectivity index (χ4n) is 1.78. The summed E-state index contributed by atoms with van der Waals surface area (Å²) in [7, 11) is 0. The molecule has 0 spiro atoms. The highest BCUT2D eigenvalue weighted by molar-refractivity contribution is 7.14. The third-order valence-corrected chi connectivity index (χ3v) is 4.46. The van der Waals surface area contributed by atoms with Crippen LogP contribution in [0.15, 0.2) is 6.07 Å². The highest BCUT2D eigenvalue weighted by Gasteiger charge is 2.51. The first-order valence-corrected chi connectivity index (χ1v) is 6.45. The molecule has 0 radical (unpaired) electrons. The number of nitrogens with one attached hydrogen (secondary N) is 1. The van der Waals surface area contributed by atoms with Crippen molar-refractivity contribution in [3.63, 3.8) is 0 Å². The van der Waals surface area contributed by atoms with Crippen molar-refractivity contribution >= 4 is 23.2 Å². The number of amides is 1. The van der Waals surface area contributed by atoms with Gasteiger partial charge in [0.2, 0.25) is 0 Å². The highest BCUT2D eigenvalue weighted by Crippen LogP contribution is 2.36. The zero-order valence-corrected chi connectivity index (χ0v) is 10.7. The van der Waals surface area contributed by atoms with Gasteiger partial charge in [-0.1, -0.05) is 6.92 Å². The SMILES string of the molecule is CCc1sc(C(=O)NC2(C(=O)O)CC2)cc1C. The Labute approximate surface area is 104 Å². The molecule has 1 aliphatic carbocycles. The smallest absolute Gasteiger partial charge is 0.329 e. The van der Waals surface area contributed by atoms with Crippen molar-refractivity contribution in [1.29, 1.82) is 0 Å². The van der Waals surface area contributed by atoms with Gasteiger partial charge in [-0.25, -0.2) is 4.79 Å². The number of carbonyl (C=O) groups excluding carboxylic acids is 1. The summed E-state index contributed by atoms with van der Waals surface area (Å²) in [6, 6.07) is 1.83. The molecule has 2 rings (SSSR count). The number of carbonyl (C=O) groups is 2. The summed E-state index contributed by atoms with van der Waals surface area (Å²) < 4.78 is 0. The Balaban J connectivity index is 2.12. The Morgan fingerprint density at radius 3 is 2.59 bits per heavy atom. The van der Waals surface area contributed by atoms with E-state index >= 15 is 0 Å². The van der Waals surface area contributed by atoms with Gasteiger partial charge < -0.3 is 10.4 Å². The highest BCUT2D eigenvalue weighted by atomic mass is 32.1. The number of rotatable bonds is 4. The van der Waals surface area contributed by atoms with Gasteiger partial charge in [0.25, 0.3) is 5.91 Å². The van der Waals surface area contributed by atoms with Crippen LogP contribution < -0.4 is 5.32 Å². The summed E-state index contributed by atoms with van der Waals surface area (Å²) in [6.07, 6.45) is 1.95. The largest absolute Gasteiger partial charge is 0.480 e. The predicted octanol–water partition coefficient (Wildman–Crippen LogP) is 1.97. The van der Waals surface area contributed by atoms with E-state index in [1.807, 2.05) is 19.9 Å². The Morgan fingerprint density at radius 2 is 2.18 bits per heavy atom. The maximum atomic E-state index is 11.9. The average molecular weight is 253 g/mol. The molecule has 4 nitrogen and oxygen atoms in total. The molecule has 0 saturated heterocycles. The molecular formula is C12H15NO3S. The van der Waals surface area contributed by atoms with Crippen LogP contribution >= 0.6 is 11.3 Å². The Kier molecular flexibility index (Phi) is 2.95. The maximum absolute atomic E-state index is 11.9. The molecule has 1 aromatic heterocycles. The minimum atomic E-state index is -0.999. The lowest BCUT2D eigenvalue weighted by molar-refractivity contribution is -0.140. The van der Waals surface area contributed by atoms with Crippen LogP contribution in [0.4, 0.5) is 0 Å². The lowest BCUT2D eigenvalue weighted by atomic mass is 10.2. The fourth-order valence-corrected chi connectivity index (χ4v) is 2.79. The van der Waals surface area contributed by atoms with E-state index in [2.05, 4.69) is 5.32 Å². The van der Waals surface area contributed by atoms with Crippen LogP contribution in [0.3, 0.4) is 0 Å². The minimum Gasteiger partial charge on any atom is -0.480 e. The number of hydrogen-bond donors (Lipinski definition) is 2. The number of thiophene rings is 1. The molecule has 0 unspecified atom stereocenters. The molecule has 92 valence electrons. The van der Waals surface area contributed by atoms with Crippen LogP contribution in [0.1, 0.15) is 39.9 Å². The number of carboxylic acids is 1. The quantitative estimate of drug-likeness (QED) is 0.862. The average Bonchev–Trinajstić information content (AvgIpc) is 2.95. The van der Waals surface area contributed by atoms with Crippen molar-refractivity contribution in [2.24, 2.45) is 0 Å². The standard InChI is InChI=1S/C12H15NO3S/c1-3-8-7(2)6-9(17-8)10(14)13-12(4-5-12)11(15)16/h6H,3-5H2,1-2H3,(H,13,14)(H,15,16). The van der Waals surface area contributed by atoms with Gasteiger partial charge in [0, 0.05) is 4.88 Å². The zero-order chi connectivity index (χ0) is 12.6. The van der Waals surface area contributed by atoms with Crippen LogP contribution in [-0.2, 0) is 11.2 Å². The first-order valence-electron chi connectivity index (χ1n) is 5.64. The molecule has 0 aromatic carbocycles. The lowest BCUT2D eigenvalue weighted by Gasteiger charge is -2.10. The molecule has 1 aliphatic rings. The molecule has 1 amide bonds. The monoisotopic (exact) mass is 253 g/mol. The first kappa shape index (κ1) is 12.1. The third-order valence-electron chi connectivity index (χ3n) is 3.08.